The molecule has 0 N–H and O–H groups in total. The van der Waals surface area contributed by atoms with Crippen LogP contribution in [0.25, 0.3) is 36.5 Å². The van der Waals surface area contributed by atoms with Gasteiger partial charge in [0.15, 0.2) is 0 Å². The molecule has 0 fully saturated rings. The van der Waals surface area contributed by atoms with Crippen LogP contribution in [0.2, 0.25) is 0 Å². The van der Waals surface area contributed by atoms with Crippen LogP contribution < -0.4 is 0 Å². The van der Waals surface area contributed by atoms with Crippen molar-refractivity contribution in [3.05, 3.63) is 155 Å². The summed E-state index contributed by atoms with van der Waals surface area (Å²) in [6, 6.07) is 37.6. The summed E-state index contributed by atoms with van der Waals surface area (Å²) in [6.45, 7) is 0. The van der Waals surface area contributed by atoms with Crippen molar-refractivity contribution in [2.45, 2.75) is 0 Å². The summed E-state index contributed by atoms with van der Waals surface area (Å²) in [7, 11) is 0. The van der Waals surface area contributed by atoms with E-state index in [0.29, 0.717) is 0 Å². The van der Waals surface area contributed by atoms with Gasteiger partial charge in [0, 0.05) is 0 Å². The van der Waals surface area contributed by atoms with Gasteiger partial charge in [0.2, 0.25) is 0 Å². The Morgan fingerprint density at radius 3 is 0.969 bits per heavy atom. The first-order chi connectivity index (χ1) is 15.9. The van der Waals surface area contributed by atoms with E-state index >= 15 is 0 Å². The van der Waals surface area contributed by atoms with E-state index in [4.69, 9.17) is 0 Å². The molecule has 154 valence electrons. The van der Waals surface area contributed by atoms with Gasteiger partial charge < -0.3 is 0 Å². The van der Waals surface area contributed by atoms with Crippen molar-refractivity contribution in [2.24, 2.45) is 0 Å². The summed E-state index contributed by atoms with van der Waals surface area (Å²) in [6.07, 6.45) is 17.2. The Kier molecular flexibility index (Phi) is 7.44. The number of hydrogen-bond donors (Lipinski definition) is 0. The van der Waals surface area contributed by atoms with Crippen LogP contribution in [0.4, 0.5) is 0 Å². The molecule has 0 atom stereocenters. The van der Waals surface area contributed by atoms with Crippen molar-refractivity contribution in [1.82, 2.24) is 0 Å². The zero-order valence-electron chi connectivity index (χ0n) is 18.0. The predicted molar refractivity (Wildman–Crippen MR) is 142 cm³/mol. The SMILES string of the molecule is C(/C=C/c1ccccc1/C=C/c1ccccc1)=C\c1ccccc1/C=C/c1ccccc1. The number of allylic oxidation sites excluding steroid dienone is 2. The van der Waals surface area contributed by atoms with Crippen LogP contribution in [0.5, 0.6) is 0 Å². The first-order valence-corrected chi connectivity index (χ1v) is 10.9. The Balaban J connectivity index is 1.48. The third kappa shape index (κ3) is 6.17. The largest absolute Gasteiger partial charge is 0.0622 e. The van der Waals surface area contributed by atoms with Crippen LogP contribution in [0, 0.1) is 0 Å². The molecule has 4 aromatic carbocycles. The minimum atomic E-state index is 1.20. The van der Waals surface area contributed by atoms with Gasteiger partial charge in [-0.25, -0.2) is 0 Å². The molecule has 0 saturated heterocycles. The molecular formula is C32H26. The molecule has 0 unspecified atom stereocenters. The Morgan fingerprint density at radius 2 is 0.594 bits per heavy atom. The van der Waals surface area contributed by atoms with Crippen LogP contribution in [0.3, 0.4) is 0 Å². The molecule has 0 aliphatic rings. The Hall–Kier alpha value is -4.16. The Bertz CT molecular complexity index is 1140. The lowest BCUT2D eigenvalue weighted by atomic mass is 10.0. The highest BCUT2D eigenvalue weighted by molar-refractivity contribution is 5.77. The molecule has 0 radical (unpaired) electrons. The van der Waals surface area contributed by atoms with Crippen molar-refractivity contribution in [3.63, 3.8) is 0 Å². The molecule has 0 nitrogen and oxygen atoms in total. The van der Waals surface area contributed by atoms with Crippen molar-refractivity contribution >= 4 is 36.5 Å². The maximum absolute atomic E-state index is 2.17. The first kappa shape index (κ1) is 21.1. The molecule has 0 aromatic heterocycles. The highest BCUT2D eigenvalue weighted by Crippen LogP contribution is 2.17. The van der Waals surface area contributed by atoms with Crippen LogP contribution in [-0.4, -0.2) is 0 Å². The second-order valence-corrected chi connectivity index (χ2v) is 7.46. The fraction of sp³-hybridized carbons (Fsp3) is 0. The fourth-order valence-corrected chi connectivity index (χ4v) is 3.45. The third-order valence-electron chi connectivity index (χ3n) is 5.16. The van der Waals surface area contributed by atoms with Crippen molar-refractivity contribution in [2.75, 3.05) is 0 Å². The van der Waals surface area contributed by atoms with E-state index in [-0.39, 0.29) is 0 Å². The maximum atomic E-state index is 2.17. The zero-order chi connectivity index (χ0) is 21.8. The lowest BCUT2D eigenvalue weighted by molar-refractivity contribution is 1.60. The first-order valence-electron chi connectivity index (χ1n) is 10.9. The van der Waals surface area contributed by atoms with Gasteiger partial charge in [-0.05, 0) is 33.4 Å². The highest BCUT2D eigenvalue weighted by Gasteiger charge is 1.96. The summed E-state index contributed by atoms with van der Waals surface area (Å²) in [5.41, 5.74) is 7.19. The van der Waals surface area contributed by atoms with E-state index in [9.17, 15) is 0 Å². The second-order valence-electron chi connectivity index (χ2n) is 7.46. The maximum Gasteiger partial charge on any atom is -0.0184 e. The molecule has 4 aromatic rings. The topological polar surface area (TPSA) is 0 Å². The van der Waals surface area contributed by atoms with Crippen molar-refractivity contribution in [3.8, 4) is 0 Å². The number of rotatable bonds is 7. The Morgan fingerprint density at radius 1 is 0.281 bits per heavy atom. The minimum Gasteiger partial charge on any atom is -0.0622 e. The standard InChI is InChI=1S/C32H26/c1-3-13-27(14-4-1)23-25-31-21-11-9-19-29(31)17-7-8-18-30-20-10-12-22-32(30)26-24-28-15-5-2-6-16-28/h1-26H/b17-7+,18-8+,25-23+,26-24+. The summed E-state index contributed by atoms with van der Waals surface area (Å²) < 4.78 is 0. The van der Waals surface area contributed by atoms with Crippen LogP contribution >= 0.6 is 0 Å². The predicted octanol–water partition coefficient (Wildman–Crippen LogP) is 8.75. The number of hydrogen-bond acceptors (Lipinski definition) is 0. The zero-order valence-corrected chi connectivity index (χ0v) is 18.0. The fourth-order valence-electron chi connectivity index (χ4n) is 3.45. The second kappa shape index (κ2) is 11.3. The summed E-state index contributed by atoms with van der Waals surface area (Å²) in [4.78, 5) is 0. The van der Waals surface area contributed by atoms with Gasteiger partial charge >= 0.3 is 0 Å². The van der Waals surface area contributed by atoms with E-state index in [0.717, 1.165) is 0 Å². The van der Waals surface area contributed by atoms with E-state index in [2.05, 4.69) is 146 Å². The van der Waals surface area contributed by atoms with Crippen molar-refractivity contribution < 1.29 is 0 Å². The molecule has 0 bridgehead atoms. The van der Waals surface area contributed by atoms with Gasteiger partial charge in [0.05, 0.1) is 0 Å². The van der Waals surface area contributed by atoms with Crippen LogP contribution in [-0.2, 0) is 0 Å². The van der Waals surface area contributed by atoms with Crippen LogP contribution in [0.15, 0.2) is 121 Å². The minimum absolute atomic E-state index is 1.20. The molecule has 0 amide bonds. The molecule has 0 heteroatoms. The third-order valence-corrected chi connectivity index (χ3v) is 5.16. The monoisotopic (exact) mass is 410 g/mol. The summed E-state index contributed by atoms with van der Waals surface area (Å²) >= 11 is 0. The lowest BCUT2D eigenvalue weighted by Crippen LogP contribution is -1.80. The average Bonchev–Trinajstić information content (AvgIpc) is 2.86. The average molecular weight is 411 g/mol. The van der Waals surface area contributed by atoms with E-state index in [1.54, 1.807) is 0 Å². The Labute approximate surface area is 191 Å². The van der Waals surface area contributed by atoms with Gasteiger partial charge in [-0.2, -0.15) is 0 Å². The number of benzene rings is 4. The molecule has 32 heavy (non-hydrogen) atoms. The van der Waals surface area contributed by atoms with Gasteiger partial charge in [-0.1, -0.05) is 158 Å². The van der Waals surface area contributed by atoms with E-state index in [1.165, 1.54) is 33.4 Å². The summed E-state index contributed by atoms with van der Waals surface area (Å²) in [5.74, 6) is 0. The normalized spacial score (nSPS) is 11.9. The van der Waals surface area contributed by atoms with Crippen molar-refractivity contribution in [1.29, 1.82) is 0 Å². The smallest absolute Gasteiger partial charge is 0.0184 e. The quantitative estimate of drug-likeness (QED) is 0.211. The van der Waals surface area contributed by atoms with E-state index in [1.807, 2.05) is 12.1 Å². The summed E-state index contributed by atoms with van der Waals surface area (Å²) in [5, 5.41) is 0. The van der Waals surface area contributed by atoms with Crippen LogP contribution in [0.1, 0.15) is 33.4 Å². The molecular weight excluding hydrogens is 384 g/mol. The molecule has 4 rings (SSSR count). The van der Waals surface area contributed by atoms with Gasteiger partial charge in [0.25, 0.3) is 0 Å². The molecule has 0 aliphatic carbocycles. The highest BCUT2D eigenvalue weighted by atomic mass is 14.0. The van der Waals surface area contributed by atoms with Gasteiger partial charge in [-0.15, -0.1) is 0 Å². The van der Waals surface area contributed by atoms with Gasteiger partial charge in [0.1, 0.15) is 0 Å². The molecule has 0 spiro atoms. The van der Waals surface area contributed by atoms with Gasteiger partial charge in [-0.3, -0.25) is 0 Å². The van der Waals surface area contributed by atoms with E-state index < -0.39 is 0 Å². The molecule has 0 saturated carbocycles. The lowest BCUT2D eigenvalue weighted by Gasteiger charge is -2.01. The molecule has 0 heterocycles. The molecule has 0 aliphatic heterocycles.